The molecule has 0 N–H and O–H groups in total. The van der Waals surface area contributed by atoms with E-state index in [1.165, 1.54) is 5.56 Å². The number of rotatable bonds is 7. The smallest absolute Gasteiger partial charge is 0.203 e. The second kappa shape index (κ2) is 8.60. The van der Waals surface area contributed by atoms with Crippen molar-refractivity contribution in [1.82, 2.24) is 9.55 Å². The highest BCUT2D eigenvalue weighted by molar-refractivity contribution is 5.81. The van der Waals surface area contributed by atoms with Crippen LogP contribution in [0, 0.1) is 6.92 Å². The number of imidazole rings is 1. The van der Waals surface area contributed by atoms with Gasteiger partial charge in [-0.15, -0.1) is 0 Å². The van der Waals surface area contributed by atoms with E-state index >= 15 is 0 Å². The highest BCUT2D eigenvalue weighted by Crippen LogP contribution is 2.39. The molecule has 0 saturated carbocycles. The van der Waals surface area contributed by atoms with Crippen LogP contribution in [0.4, 0.5) is 0 Å². The van der Waals surface area contributed by atoms with Crippen molar-refractivity contribution in [3.8, 4) is 34.4 Å². The molecule has 0 fully saturated rings. The number of fused-ring (bicyclic) bond motifs is 1. The van der Waals surface area contributed by atoms with Crippen LogP contribution in [0.3, 0.4) is 0 Å². The molecule has 0 amide bonds. The minimum absolute atomic E-state index is 0.577. The fourth-order valence-electron chi connectivity index (χ4n) is 3.79. The summed E-state index contributed by atoms with van der Waals surface area (Å²) in [5, 5.41) is 0. The Bertz CT molecular complexity index is 1200. The van der Waals surface area contributed by atoms with Crippen LogP contribution in [0.1, 0.15) is 11.1 Å². The van der Waals surface area contributed by atoms with E-state index in [1.54, 1.807) is 28.4 Å². The Kier molecular flexibility index (Phi) is 5.71. The van der Waals surface area contributed by atoms with Crippen LogP contribution in [0.15, 0.2) is 54.6 Å². The maximum absolute atomic E-state index is 5.54. The minimum Gasteiger partial charge on any atom is -0.497 e. The molecular formula is C25H26N2O4. The number of ether oxygens (including phenoxy) is 4. The summed E-state index contributed by atoms with van der Waals surface area (Å²) in [6, 6.07) is 18.2. The maximum atomic E-state index is 5.54. The van der Waals surface area contributed by atoms with Crippen LogP contribution in [0.2, 0.25) is 0 Å². The molecule has 6 nitrogen and oxygen atoms in total. The van der Waals surface area contributed by atoms with Gasteiger partial charge in [-0.3, -0.25) is 0 Å². The second-order valence-corrected chi connectivity index (χ2v) is 7.28. The van der Waals surface area contributed by atoms with Crippen LogP contribution >= 0.6 is 0 Å². The first-order valence-electron chi connectivity index (χ1n) is 9.98. The maximum Gasteiger partial charge on any atom is 0.203 e. The fraction of sp³-hybridized carbons (Fsp3) is 0.240. The van der Waals surface area contributed by atoms with E-state index in [4.69, 9.17) is 23.9 Å². The van der Waals surface area contributed by atoms with Gasteiger partial charge in [0.1, 0.15) is 11.6 Å². The molecule has 4 aromatic rings. The van der Waals surface area contributed by atoms with Crippen molar-refractivity contribution in [3.05, 3.63) is 65.7 Å². The van der Waals surface area contributed by atoms with Crippen LogP contribution < -0.4 is 18.9 Å². The van der Waals surface area contributed by atoms with Crippen LogP contribution in [0.25, 0.3) is 22.4 Å². The average Bonchev–Trinajstić information content (AvgIpc) is 3.15. The second-order valence-electron chi connectivity index (χ2n) is 7.28. The zero-order valence-corrected chi connectivity index (χ0v) is 18.4. The largest absolute Gasteiger partial charge is 0.497 e. The third-order valence-corrected chi connectivity index (χ3v) is 5.30. The molecular weight excluding hydrogens is 392 g/mol. The van der Waals surface area contributed by atoms with Crippen molar-refractivity contribution in [2.45, 2.75) is 13.5 Å². The predicted molar refractivity (Wildman–Crippen MR) is 122 cm³/mol. The van der Waals surface area contributed by atoms with Gasteiger partial charge in [-0.1, -0.05) is 18.2 Å². The monoisotopic (exact) mass is 418 g/mol. The molecule has 0 spiro atoms. The number of aryl methyl sites for hydroxylation is 1. The van der Waals surface area contributed by atoms with E-state index < -0.39 is 0 Å². The van der Waals surface area contributed by atoms with Crippen LogP contribution in [-0.2, 0) is 6.54 Å². The standard InChI is InChI=1S/C25H26N2O4/c1-16-9-10-21-20(11-16)26-25(18-7-6-8-19(14-18)28-2)27(21)15-17-12-22(29-3)24(31-5)23(13-17)30-4/h6-14H,15H2,1-5H3. The molecule has 6 heteroatoms. The lowest BCUT2D eigenvalue weighted by atomic mass is 10.1. The SMILES string of the molecule is COc1cccc(-c2nc3cc(C)ccc3n2Cc2cc(OC)c(OC)c(OC)c2)c1. The van der Waals surface area contributed by atoms with Gasteiger partial charge in [-0.25, -0.2) is 4.98 Å². The lowest BCUT2D eigenvalue weighted by molar-refractivity contribution is 0.323. The van der Waals surface area contributed by atoms with Gasteiger partial charge in [0.2, 0.25) is 5.75 Å². The molecule has 0 aliphatic heterocycles. The van der Waals surface area contributed by atoms with Gasteiger partial charge in [-0.05, 0) is 54.4 Å². The molecule has 0 aliphatic rings. The highest BCUT2D eigenvalue weighted by atomic mass is 16.5. The van der Waals surface area contributed by atoms with Gasteiger partial charge < -0.3 is 23.5 Å². The number of methoxy groups -OCH3 is 4. The molecule has 4 rings (SSSR count). The topological polar surface area (TPSA) is 54.7 Å². The van der Waals surface area contributed by atoms with Crippen molar-refractivity contribution in [1.29, 1.82) is 0 Å². The Morgan fingerprint density at radius 1 is 0.806 bits per heavy atom. The fourth-order valence-corrected chi connectivity index (χ4v) is 3.79. The summed E-state index contributed by atoms with van der Waals surface area (Å²) in [7, 11) is 6.52. The van der Waals surface area contributed by atoms with Crippen molar-refractivity contribution in [3.63, 3.8) is 0 Å². The normalized spacial score (nSPS) is 10.9. The Morgan fingerprint density at radius 2 is 1.55 bits per heavy atom. The molecule has 0 radical (unpaired) electrons. The first-order valence-corrected chi connectivity index (χ1v) is 9.98. The quantitative estimate of drug-likeness (QED) is 0.418. The van der Waals surface area contributed by atoms with E-state index in [2.05, 4.69) is 29.7 Å². The summed E-state index contributed by atoms with van der Waals surface area (Å²) in [5.74, 6) is 3.49. The Hall–Kier alpha value is -3.67. The molecule has 0 saturated heterocycles. The number of benzene rings is 3. The molecule has 160 valence electrons. The number of aromatic nitrogens is 2. The van der Waals surface area contributed by atoms with Crippen LogP contribution in [0.5, 0.6) is 23.0 Å². The average molecular weight is 418 g/mol. The van der Waals surface area contributed by atoms with Crippen molar-refractivity contribution in [2.24, 2.45) is 0 Å². The van der Waals surface area contributed by atoms with Gasteiger partial charge in [0.25, 0.3) is 0 Å². The van der Waals surface area contributed by atoms with Gasteiger partial charge in [0.15, 0.2) is 11.5 Å². The van der Waals surface area contributed by atoms with Gasteiger partial charge in [-0.2, -0.15) is 0 Å². The molecule has 1 heterocycles. The van der Waals surface area contributed by atoms with E-state index in [9.17, 15) is 0 Å². The van der Waals surface area contributed by atoms with Crippen molar-refractivity contribution < 1.29 is 18.9 Å². The molecule has 0 unspecified atom stereocenters. The zero-order valence-electron chi connectivity index (χ0n) is 18.4. The summed E-state index contributed by atoms with van der Waals surface area (Å²) < 4.78 is 24.2. The first kappa shape index (κ1) is 20.6. The van der Waals surface area contributed by atoms with Gasteiger partial charge in [0, 0.05) is 12.1 Å². The Morgan fingerprint density at radius 3 is 2.19 bits per heavy atom. The molecule has 0 bridgehead atoms. The van der Waals surface area contributed by atoms with E-state index in [1.807, 2.05) is 36.4 Å². The van der Waals surface area contributed by atoms with E-state index in [-0.39, 0.29) is 0 Å². The van der Waals surface area contributed by atoms with E-state index in [0.717, 1.165) is 33.7 Å². The zero-order chi connectivity index (χ0) is 22.0. The molecule has 31 heavy (non-hydrogen) atoms. The first-order chi connectivity index (χ1) is 15.1. The highest BCUT2D eigenvalue weighted by Gasteiger charge is 2.17. The summed E-state index contributed by atoms with van der Waals surface area (Å²) in [4.78, 5) is 4.95. The summed E-state index contributed by atoms with van der Waals surface area (Å²) in [6.45, 7) is 2.66. The van der Waals surface area contributed by atoms with Crippen molar-refractivity contribution >= 4 is 11.0 Å². The summed E-state index contributed by atoms with van der Waals surface area (Å²) in [6.07, 6.45) is 0. The van der Waals surface area contributed by atoms with Crippen molar-refractivity contribution in [2.75, 3.05) is 28.4 Å². The number of hydrogen-bond donors (Lipinski definition) is 0. The molecule has 0 aliphatic carbocycles. The molecule has 3 aromatic carbocycles. The summed E-state index contributed by atoms with van der Waals surface area (Å²) in [5.41, 5.74) is 5.17. The third kappa shape index (κ3) is 3.89. The molecule has 1 aromatic heterocycles. The lowest BCUT2D eigenvalue weighted by Crippen LogP contribution is -2.04. The Balaban J connectivity index is 1.89. The van der Waals surface area contributed by atoms with Crippen LogP contribution in [-0.4, -0.2) is 38.0 Å². The minimum atomic E-state index is 0.577. The summed E-state index contributed by atoms with van der Waals surface area (Å²) >= 11 is 0. The lowest BCUT2D eigenvalue weighted by Gasteiger charge is -2.16. The van der Waals surface area contributed by atoms with Gasteiger partial charge >= 0.3 is 0 Å². The van der Waals surface area contributed by atoms with Gasteiger partial charge in [0.05, 0.1) is 39.5 Å². The molecule has 0 atom stereocenters. The third-order valence-electron chi connectivity index (χ3n) is 5.30. The predicted octanol–water partition coefficient (Wildman–Crippen LogP) is 5.09. The number of nitrogens with zero attached hydrogens (tertiary/aromatic N) is 2. The number of hydrogen-bond acceptors (Lipinski definition) is 5. The van der Waals surface area contributed by atoms with E-state index in [0.29, 0.717) is 23.8 Å². The Labute approximate surface area is 182 Å².